The van der Waals surface area contributed by atoms with Gasteiger partial charge in [-0.15, -0.1) is 0 Å². The maximum absolute atomic E-state index is 13.6. The van der Waals surface area contributed by atoms with Crippen LogP contribution in [0.15, 0.2) is 66.9 Å². The molecule has 0 unspecified atom stereocenters. The first-order valence-electron chi connectivity index (χ1n) is 8.32. The first kappa shape index (κ1) is 18.5. The lowest BCUT2D eigenvalue weighted by Gasteiger charge is -2.09. The van der Waals surface area contributed by atoms with Crippen LogP contribution < -0.4 is 5.32 Å². The minimum absolute atomic E-state index is 0.0831. The molecule has 8 heteroatoms. The number of rotatable bonds is 4. The second-order valence-corrected chi connectivity index (χ2v) is 7.24. The number of anilines is 1. The van der Waals surface area contributed by atoms with E-state index in [4.69, 9.17) is 0 Å². The smallest absolute Gasteiger partial charge is 0.280 e. The molecule has 28 heavy (non-hydrogen) atoms. The molecular weight excluding hydrogens is 477 g/mol. The van der Waals surface area contributed by atoms with Gasteiger partial charge in [0.1, 0.15) is 11.3 Å². The summed E-state index contributed by atoms with van der Waals surface area (Å²) in [6, 6.07) is 17.5. The van der Waals surface area contributed by atoms with E-state index in [0.29, 0.717) is 16.9 Å². The molecule has 0 saturated heterocycles. The lowest BCUT2D eigenvalue weighted by Crippen LogP contribution is -2.12. The Morgan fingerprint density at radius 1 is 1.07 bits per heavy atom. The van der Waals surface area contributed by atoms with Gasteiger partial charge in [0.25, 0.3) is 12.3 Å². The number of hydrogen-bond acceptors (Lipinski definition) is 3. The summed E-state index contributed by atoms with van der Waals surface area (Å²) in [7, 11) is 0. The van der Waals surface area contributed by atoms with E-state index in [1.807, 2.05) is 18.2 Å². The summed E-state index contributed by atoms with van der Waals surface area (Å²) in [5.41, 5.74) is 1.52. The number of hydrogen-bond donors (Lipinski definition) is 1. The fourth-order valence-corrected chi connectivity index (χ4v) is 3.37. The minimum Gasteiger partial charge on any atom is -0.322 e. The third-order valence-corrected chi connectivity index (χ3v) is 4.79. The number of halogens is 3. The highest BCUT2D eigenvalue weighted by Crippen LogP contribution is 2.27. The highest BCUT2D eigenvalue weighted by molar-refractivity contribution is 14.1. The molecule has 0 aliphatic rings. The normalized spacial score (nSPS) is 11.1. The Hall–Kier alpha value is -2.88. The Kier molecular flexibility index (Phi) is 5.03. The van der Waals surface area contributed by atoms with E-state index >= 15 is 0 Å². The van der Waals surface area contributed by atoms with Gasteiger partial charge < -0.3 is 5.32 Å². The van der Waals surface area contributed by atoms with E-state index in [2.05, 4.69) is 38.0 Å². The fourth-order valence-electron chi connectivity index (χ4n) is 2.82. The Morgan fingerprint density at radius 2 is 1.86 bits per heavy atom. The molecule has 0 fully saturated rings. The van der Waals surface area contributed by atoms with Crippen molar-refractivity contribution in [3.63, 3.8) is 0 Å². The van der Waals surface area contributed by atoms with Gasteiger partial charge in [-0.05, 0) is 46.9 Å². The van der Waals surface area contributed by atoms with Gasteiger partial charge in [-0.3, -0.25) is 4.79 Å². The number of aromatic nitrogens is 3. The second-order valence-electron chi connectivity index (χ2n) is 5.99. The molecule has 0 saturated carbocycles. The average molecular weight is 490 g/mol. The Morgan fingerprint density at radius 3 is 2.57 bits per heavy atom. The van der Waals surface area contributed by atoms with E-state index in [-0.39, 0.29) is 16.9 Å². The van der Waals surface area contributed by atoms with Crippen molar-refractivity contribution in [2.24, 2.45) is 0 Å². The number of alkyl halides is 2. The molecule has 1 N–H and O–H groups in total. The van der Waals surface area contributed by atoms with Crippen molar-refractivity contribution in [2.75, 3.05) is 5.32 Å². The van der Waals surface area contributed by atoms with Crippen LogP contribution in [0.1, 0.15) is 22.5 Å². The molecule has 0 bridgehead atoms. The molecule has 0 radical (unpaired) electrons. The minimum atomic E-state index is -2.76. The van der Waals surface area contributed by atoms with Gasteiger partial charge in [0, 0.05) is 14.8 Å². The monoisotopic (exact) mass is 490 g/mol. The SMILES string of the molecule is O=C(Nc1cccc(I)c1)c1cnn2c(C(F)F)cc(-c3ccccc3)nc12. The zero-order chi connectivity index (χ0) is 19.7. The van der Waals surface area contributed by atoms with E-state index in [9.17, 15) is 13.6 Å². The van der Waals surface area contributed by atoms with Crippen LogP contribution in [0, 0.1) is 3.57 Å². The molecular formula is C20H13F2IN4O. The van der Waals surface area contributed by atoms with Crippen molar-refractivity contribution in [3.8, 4) is 11.3 Å². The molecule has 0 spiro atoms. The summed E-state index contributed by atoms with van der Waals surface area (Å²) in [6.07, 6.45) is -1.51. The molecule has 1 amide bonds. The third-order valence-electron chi connectivity index (χ3n) is 4.12. The first-order valence-corrected chi connectivity index (χ1v) is 9.40. The van der Waals surface area contributed by atoms with E-state index in [1.165, 1.54) is 12.3 Å². The van der Waals surface area contributed by atoms with Gasteiger partial charge in [0.05, 0.1) is 11.9 Å². The molecule has 2 heterocycles. The van der Waals surface area contributed by atoms with Crippen molar-refractivity contribution in [3.05, 3.63) is 81.7 Å². The van der Waals surface area contributed by atoms with Crippen LogP contribution in [-0.4, -0.2) is 20.5 Å². The Bertz CT molecular complexity index is 1160. The second kappa shape index (κ2) is 7.63. The van der Waals surface area contributed by atoms with E-state index in [0.717, 1.165) is 8.09 Å². The summed E-state index contributed by atoms with van der Waals surface area (Å²) in [5, 5.41) is 6.73. The third kappa shape index (κ3) is 3.59. The van der Waals surface area contributed by atoms with Gasteiger partial charge in [-0.2, -0.15) is 5.10 Å². The van der Waals surface area contributed by atoms with Crippen molar-refractivity contribution >= 4 is 39.8 Å². The van der Waals surface area contributed by atoms with Gasteiger partial charge in [-0.25, -0.2) is 18.3 Å². The van der Waals surface area contributed by atoms with Gasteiger partial charge in [0.2, 0.25) is 0 Å². The van der Waals surface area contributed by atoms with Crippen LogP contribution in [0.2, 0.25) is 0 Å². The Balaban J connectivity index is 1.81. The van der Waals surface area contributed by atoms with Crippen LogP contribution in [0.4, 0.5) is 14.5 Å². The van der Waals surface area contributed by atoms with Crippen molar-refractivity contribution in [1.82, 2.24) is 14.6 Å². The lowest BCUT2D eigenvalue weighted by atomic mass is 10.1. The summed E-state index contributed by atoms with van der Waals surface area (Å²) < 4.78 is 29.2. The van der Waals surface area contributed by atoms with E-state index < -0.39 is 12.3 Å². The molecule has 0 atom stereocenters. The standard InChI is InChI=1S/C20H13F2IN4O/c21-18(22)17-10-16(12-5-2-1-3-6-12)26-19-15(11-24-27(17)19)20(28)25-14-8-4-7-13(23)9-14/h1-11,18H,(H,25,28). The van der Waals surface area contributed by atoms with Gasteiger partial charge >= 0.3 is 0 Å². The van der Waals surface area contributed by atoms with E-state index in [1.54, 1.807) is 36.4 Å². The highest BCUT2D eigenvalue weighted by Gasteiger charge is 2.21. The maximum Gasteiger partial charge on any atom is 0.280 e. The van der Waals surface area contributed by atoms with Crippen molar-refractivity contribution in [2.45, 2.75) is 6.43 Å². The van der Waals surface area contributed by atoms with Crippen LogP contribution in [-0.2, 0) is 0 Å². The summed E-state index contributed by atoms with van der Waals surface area (Å²) in [4.78, 5) is 17.2. The number of nitrogens with zero attached hydrogens (tertiary/aromatic N) is 3. The summed E-state index contributed by atoms with van der Waals surface area (Å²) in [5.74, 6) is -0.463. The molecule has 140 valence electrons. The molecule has 2 aromatic heterocycles. The fraction of sp³-hybridized carbons (Fsp3) is 0.0500. The van der Waals surface area contributed by atoms with Crippen LogP contribution in [0.3, 0.4) is 0 Å². The summed E-state index contributed by atoms with van der Waals surface area (Å²) >= 11 is 2.14. The number of fused-ring (bicyclic) bond motifs is 1. The number of carbonyl (C=O) groups excluding carboxylic acids is 1. The molecule has 4 rings (SSSR count). The number of carbonyl (C=O) groups is 1. The van der Waals surface area contributed by atoms with Crippen LogP contribution in [0.25, 0.3) is 16.9 Å². The molecule has 2 aromatic carbocycles. The zero-order valence-electron chi connectivity index (χ0n) is 14.3. The molecule has 0 aliphatic heterocycles. The topological polar surface area (TPSA) is 59.3 Å². The summed E-state index contributed by atoms with van der Waals surface area (Å²) in [6.45, 7) is 0. The van der Waals surface area contributed by atoms with Gasteiger partial charge in [0.15, 0.2) is 5.65 Å². The zero-order valence-corrected chi connectivity index (χ0v) is 16.5. The van der Waals surface area contributed by atoms with Crippen LogP contribution >= 0.6 is 22.6 Å². The number of amides is 1. The number of benzene rings is 2. The predicted octanol–water partition coefficient (Wildman–Crippen LogP) is 5.19. The maximum atomic E-state index is 13.6. The average Bonchev–Trinajstić information content (AvgIpc) is 3.12. The number of nitrogens with one attached hydrogen (secondary N) is 1. The van der Waals surface area contributed by atoms with Crippen LogP contribution in [0.5, 0.6) is 0 Å². The van der Waals surface area contributed by atoms with Crippen molar-refractivity contribution in [1.29, 1.82) is 0 Å². The quantitative estimate of drug-likeness (QED) is 0.401. The molecule has 4 aromatic rings. The lowest BCUT2D eigenvalue weighted by molar-refractivity contribution is 0.102. The predicted molar refractivity (Wildman–Crippen MR) is 110 cm³/mol. The molecule has 5 nitrogen and oxygen atoms in total. The molecule has 0 aliphatic carbocycles. The first-order chi connectivity index (χ1) is 13.5. The van der Waals surface area contributed by atoms with Crippen molar-refractivity contribution < 1.29 is 13.6 Å². The highest BCUT2D eigenvalue weighted by atomic mass is 127. The largest absolute Gasteiger partial charge is 0.322 e. The van der Waals surface area contributed by atoms with Gasteiger partial charge in [-0.1, -0.05) is 36.4 Å². The Labute approximate surface area is 172 Å².